The lowest BCUT2D eigenvalue weighted by Crippen LogP contribution is -2.45. The molecule has 3 atom stereocenters. The Kier molecular flexibility index (Phi) is 11.6. The van der Waals surface area contributed by atoms with E-state index in [0.717, 1.165) is 33.3 Å². The molecule has 0 radical (unpaired) electrons. The van der Waals surface area contributed by atoms with Gasteiger partial charge in [-0.05, 0) is 60.6 Å². The van der Waals surface area contributed by atoms with Crippen LogP contribution >= 0.6 is 0 Å². The Balaban J connectivity index is 1.18. The van der Waals surface area contributed by atoms with E-state index in [4.69, 9.17) is 9.47 Å². The van der Waals surface area contributed by atoms with E-state index in [9.17, 15) is 19.5 Å². The first-order chi connectivity index (χ1) is 22.5. The lowest BCUT2D eigenvalue weighted by Gasteiger charge is -2.23. The number of nitrogens with one attached hydrogen (secondary N) is 3. The predicted octanol–water partition coefficient (Wildman–Crippen LogP) is 4.78. The first-order valence-corrected chi connectivity index (χ1v) is 15.8. The molecular weight excluding hydrogens is 582 g/mol. The largest absolute Gasteiger partial charge is 0.489 e. The minimum absolute atomic E-state index is 0.0371. The van der Waals surface area contributed by atoms with E-state index in [1.807, 2.05) is 97.2 Å². The number of fused-ring (bicyclic) bond motifs is 1. The van der Waals surface area contributed by atoms with Gasteiger partial charge < -0.3 is 30.2 Å². The number of allylic oxidation sites excluding steroid dienone is 2. The summed E-state index contributed by atoms with van der Waals surface area (Å²) >= 11 is 0. The highest BCUT2D eigenvalue weighted by Crippen LogP contribution is 2.21. The highest BCUT2D eigenvalue weighted by atomic mass is 16.5. The minimum Gasteiger partial charge on any atom is -0.489 e. The highest BCUT2D eigenvalue weighted by molar-refractivity contribution is 5.87. The van der Waals surface area contributed by atoms with Gasteiger partial charge in [-0.2, -0.15) is 0 Å². The van der Waals surface area contributed by atoms with Crippen molar-refractivity contribution in [3.05, 3.63) is 114 Å². The molecule has 0 aliphatic carbocycles. The molecule has 1 aliphatic heterocycles. The molecule has 0 fully saturated rings. The van der Waals surface area contributed by atoms with Gasteiger partial charge in [0, 0.05) is 29.9 Å². The van der Waals surface area contributed by atoms with E-state index in [1.54, 1.807) is 0 Å². The number of carbonyl (C=O) groups is 3. The number of para-hydroxylation sites is 1. The molecule has 240 valence electrons. The molecule has 2 amide bonds. The number of hydrogen-bond donors (Lipinski definition) is 4. The molecule has 9 heteroatoms. The summed E-state index contributed by atoms with van der Waals surface area (Å²) in [6, 6.07) is 24.4. The Morgan fingerprint density at radius 3 is 2.57 bits per heavy atom. The Morgan fingerprint density at radius 1 is 0.978 bits per heavy atom. The number of carbonyl (C=O) groups excluding carboxylic acids is 3. The van der Waals surface area contributed by atoms with Crippen molar-refractivity contribution < 1.29 is 29.0 Å². The van der Waals surface area contributed by atoms with Gasteiger partial charge in [-0.15, -0.1) is 0 Å². The average Bonchev–Trinajstić information content (AvgIpc) is 3.48. The summed E-state index contributed by atoms with van der Waals surface area (Å²) in [6.07, 6.45) is 7.52. The second kappa shape index (κ2) is 16.4. The van der Waals surface area contributed by atoms with Gasteiger partial charge in [-0.25, -0.2) is 0 Å². The topological polar surface area (TPSA) is 130 Å². The number of aromatic nitrogens is 1. The predicted molar refractivity (Wildman–Crippen MR) is 176 cm³/mol. The number of hydrogen-bond acceptors (Lipinski definition) is 6. The van der Waals surface area contributed by atoms with Crippen molar-refractivity contribution in [2.24, 2.45) is 5.92 Å². The fourth-order valence-corrected chi connectivity index (χ4v) is 5.58. The molecule has 5 rings (SSSR count). The van der Waals surface area contributed by atoms with E-state index in [-0.39, 0.29) is 43.8 Å². The number of amides is 2. The number of H-pyrrole nitrogens is 1. The zero-order valence-electron chi connectivity index (χ0n) is 25.8. The van der Waals surface area contributed by atoms with Crippen molar-refractivity contribution in [2.75, 3.05) is 13.2 Å². The molecule has 4 aromatic rings. The summed E-state index contributed by atoms with van der Waals surface area (Å²) in [5, 5.41) is 17.0. The summed E-state index contributed by atoms with van der Waals surface area (Å²) in [4.78, 5) is 42.2. The van der Waals surface area contributed by atoms with Crippen LogP contribution in [0.4, 0.5) is 0 Å². The van der Waals surface area contributed by atoms with E-state index in [1.165, 1.54) is 0 Å². The summed E-state index contributed by atoms with van der Waals surface area (Å²) in [5.41, 5.74) is 4.00. The SMILES string of the molecule is O=C(C[C@H]1CC=CCCC(=O)OC[C@H](Cc2c[nH]c3ccccc23)NC1=O)N[C@H](CO)Cc1ccc(OCc2ccccc2)cc1. The summed E-state index contributed by atoms with van der Waals surface area (Å²) < 4.78 is 11.4. The molecule has 0 saturated heterocycles. The van der Waals surface area contributed by atoms with Crippen molar-refractivity contribution in [3.63, 3.8) is 0 Å². The van der Waals surface area contributed by atoms with Crippen molar-refractivity contribution >= 4 is 28.7 Å². The average molecular weight is 624 g/mol. The quantitative estimate of drug-likeness (QED) is 0.141. The number of esters is 1. The normalized spacial score (nSPS) is 18.1. The Labute approximate surface area is 269 Å². The smallest absolute Gasteiger partial charge is 0.306 e. The Hall–Kier alpha value is -4.89. The molecule has 0 saturated carbocycles. The minimum atomic E-state index is -0.628. The van der Waals surface area contributed by atoms with Gasteiger partial charge >= 0.3 is 5.97 Å². The number of rotatable bonds is 11. The third-order valence-electron chi connectivity index (χ3n) is 8.08. The van der Waals surface area contributed by atoms with Crippen molar-refractivity contribution in [3.8, 4) is 5.75 Å². The number of aromatic amines is 1. The van der Waals surface area contributed by atoms with Gasteiger partial charge in [-0.3, -0.25) is 14.4 Å². The molecule has 3 aromatic carbocycles. The van der Waals surface area contributed by atoms with Crippen LogP contribution in [0.1, 0.15) is 42.4 Å². The van der Waals surface area contributed by atoms with Gasteiger partial charge in [0.25, 0.3) is 0 Å². The van der Waals surface area contributed by atoms with Crippen LogP contribution in [0, 0.1) is 5.92 Å². The van der Waals surface area contributed by atoms with Gasteiger partial charge in [0.2, 0.25) is 11.8 Å². The third kappa shape index (κ3) is 9.55. The second-order valence-electron chi connectivity index (χ2n) is 11.7. The van der Waals surface area contributed by atoms with Crippen LogP contribution in [0.2, 0.25) is 0 Å². The number of aliphatic hydroxyl groups is 1. The zero-order chi connectivity index (χ0) is 32.1. The highest BCUT2D eigenvalue weighted by Gasteiger charge is 2.26. The molecule has 4 N–H and O–H groups in total. The monoisotopic (exact) mass is 623 g/mol. The number of aliphatic hydroxyl groups excluding tert-OH is 1. The third-order valence-corrected chi connectivity index (χ3v) is 8.08. The van der Waals surface area contributed by atoms with E-state index in [0.29, 0.717) is 32.3 Å². The molecule has 1 aliphatic rings. The van der Waals surface area contributed by atoms with E-state index in [2.05, 4.69) is 15.6 Å². The van der Waals surface area contributed by atoms with Crippen molar-refractivity contribution in [1.29, 1.82) is 0 Å². The zero-order valence-corrected chi connectivity index (χ0v) is 25.8. The van der Waals surface area contributed by atoms with Crippen molar-refractivity contribution in [2.45, 2.75) is 57.2 Å². The maximum atomic E-state index is 13.5. The summed E-state index contributed by atoms with van der Waals surface area (Å²) in [7, 11) is 0. The molecule has 9 nitrogen and oxygen atoms in total. The molecule has 1 aromatic heterocycles. The maximum absolute atomic E-state index is 13.5. The molecular formula is C37H41N3O6. The number of benzene rings is 3. The van der Waals surface area contributed by atoms with Crippen LogP contribution in [0.5, 0.6) is 5.75 Å². The second-order valence-corrected chi connectivity index (χ2v) is 11.7. The maximum Gasteiger partial charge on any atom is 0.306 e. The van der Waals surface area contributed by atoms with Gasteiger partial charge in [0.1, 0.15) is 19.0 Å². The number of ether oxygens (including phenoxy) is 2. The van der Waals surface area contributed by atoms with Gasteiger partial charge in [0.15, 0.2) is 0 Å². The van der Waals surface area contributed by atoms with Crippen LogP contribution in [0.15, 0.2) is 97.2 Å². The first kappa shape index (κ1) is 32.5. The standard InChI is InChI=1S/C37H41N3O6/c41-23-30(19-26-15-17-32(18-16-26)45-24-27-9-3-1-4-10-27)39-35(42)21-28-11-5-2-6-14-36(43)46-25-31(40-37(28)44)20-29-22-38-34-13-8-7-12-33(29)34/h1-5,7-10,12-13,15-18,22,28,30-31,38,41H,6,11,14,19-21,23-25H2,(H,39,42)(H,40,44)/t28-,30+,31+/m1/s1. The lowest BCUT2D eigenvalue weighted by atomic mass is 9.97. The van der Waals surface area contributed by atoms with Crippen LogP contribution in [0.3, 0.4) is 0 Å². The van der Waals surface area contributed by atoms with Gasteiger partial charge in [-0.1, -0.05) is 72.8 Å². The molecule has 0 unspecified atom stereocenters. The fraction of sp³-hybridized carbons (Fsp3) is 0.324. The molecule has 0 bridgehead atoms. The molecule has 2 heterocycles. The van der Waals surface area contributed by atoms with Crippen LogP contribution in [-0.2, 0) is 38.6 Å². The van der Waals surface area contributed by atoms with Crippen LogP contribution < -0.4 is 15.4 Å². The van der Waals surface area contributed by atoms with Crippen LogP contribution in [0.25, 0.3) is 10.9 Å². The fourth-order valence-electron chi connectivity index (χ4n) is 5.58. The van der Waals surface area contributed by atoms with E-state index >= 15 is 0 Å². The molecule has 46 heavy (non-hydrogen) atoms. The van der Waals surface area contributed by atoms with E-state index < -0.39 is 18.0 Å². The Bertz CT molecular complexity index is 1620. The van der Waals surface area contributed by atoms with Crippen molar-refractivity contribution in [1.82, 2.24) is 15.6 Å². The molecule has 0 spiro atoms. The summed E-state index contributed by atoms with van der Waals surface area (Å²) in [5.74, 6) is -0.813. The lowest BCUT2D eigenvalue weighted by molar-refractivity contribution is -0.145. The summed E-state index contributed by atoms with van der Waals surface area (Å²) in [6.45, 7) is 0.260. The van der Waals surface area contributed by atoms with Crippen LogP contribution in [-0.4, -0.2) is 53.2 Å². The number of cyclic esters (lactones) is 1. The van der Waals surface area contributed by atoms with Gasteiger partial charge in [0.05, 0.1) is 24.6 Å². The Morgan fingerprint density at radius 2 is 1.76 bits per heavy atom. The first-order valence-electron chi connectivity index (χ1n) is 15.8.